The Kier molecular flexibility index (Phi) is 2.63. The van der Waals surface area contributed by atoms with Crippen LogP contribution in [0.25, 0.3) is 58.7 Å². The zero-order chi connectivity index (χ0) is 18.2. The number of imidazole rings is 1. The van der Waals surface area contributed by atoms with E-state index < -0.39 is 0 Å². The normalized spacial score (nSPS) is 12.3. The standard InChI is InChI=1S/C24H13N3S/c1-4-10-20-14(6-1)15-11-12-16-21-17(7-5-13-25-21)24-26-18-8-2-3-9-19(18)27(24)22(16)23(15)28-20/h1-13H. The van der Waals surface area contributed by atoms with E-state index in [1.807, 2.05) is 29.7 Å². The molecule has 0 saturated heterocycles. The highest BCUT2D eigenvalue weighted by Gasteiger charge is 2.17. The van der Waals surface area contributed by atoms with Crippen LogP contribution in [-0.4, -0.2) is 14.4 Å². The van der Waals surface area contributed by atoms with Gasteiger partial charge in [-0.2, -0.15) is 0 Å². The fraction of sp³-hybridized carbons (Fsp3) is 0. The number of aromatic nitrogens is 3. The molecule has 3 nitrogen and oxygen atoms in total. The molecule has 0 unspecified atom stereocenters. The predicted octanol–water partition coefficient (Wildman–Crippen LogP) is 6.56. The molecule has 0 fully saturated rings. The third-order valence-electron chi connectivity index (χ3n) is 5.61. The molecule has 0 aliphatic carbocycles. The third kappa shape index (κ3) is 1.69. The topological polar surface area (TPSA) is 30.2 Å². The molecule has 7 rings (SSSR count). The molecule has 0 N–H and O–H groups in total. The summed E-state index contributed by atoms with van der Waals surface area (Å²) in [6.07, 6.45) is 1.87. The summed E-state index contributed by atoms with van der Waals surface area (Å²) in [6.45, 7) is 0. The van der Waals surface area contributed by atoms with Crippen molar-refractivity contribution in [2.45, 2.75) is 0 Å². The average Bonchev–Trinajstić information content (AvgIpc) is 3.32. The fourth-order valence-corrected chi connectivity index (χ4v) is 5.66. The van der Waals surface area contributed by atoms with Gasteiger partial charge in [0.15, 0.2) is 0 Å². The number of rotatable bonds is 0. The number of benzene rings is 3. The van der Waals surface area contributed by atoms with Crippen LogP contribution in [0.3, 0.4) is 0 Å². The third-order valence-corrected chi connectivity index (χ3v) is 6.80. The Morgan fingerprint density at radius 3 is 2.54 bits per heavy atom. The minimum Gasteiger partial charge on any atom is -0.290 e. The Bertz CT molecular complexity index is 1720. The molecule has 0 aliphatic rings. The molecule has 4 heteroatoms. The summed E-state index contributed by atoms with van der Waals surface area (Å²) >= 11 is 1.85. The smallest absolute Gasteiger partial charge is 0.148 e. The molecule has 4 heterocycles. The quantitative estimate of drug-likeness (QED) is 0.281. The summed E-state index contributed by atoms with van der Waals surface area (Å²) in [5.41, 5.74) is 5.34. The molecule has 0 aliphatic heterocycles. The first-order chi connectivity index (χ1) is 13.9. The first-order valence-corrected chi connectivity index (χ1v) is 10.1. The van der Waals surface area contributed by atoms with Gasteiger partial charge in [-0.1, -0.05) is 36.4 Å². The van der Waals surface area contributed by atoms with Crippen molar-refractivity contribution in [1.29, 1.82) is 0 Å². The monoisotopic (exact) mass is 375 g/mol. The van der Waals surface area contributed by atoms with Gasteiger partial charge in [0.25, 0.3) is 0 Å². The molecule has 0 radical (unpaired) electrons. The van der Waals surface area contributed by atoms with E-state index in [4.69, 9.17) is 9.97 Å². The van der Waals surface area contributed by atoms with E-state index in [1.165, 1.54) is 31.1 Å². The SMILES string of the molecule is c1ccc2c(c1)nc1c3cccnc3c3ccc4c5ccccc5sc4c3n21. The minimum absolute atomic E-state index is 0.974. The van der Waals surface area contributed by atoms with Crippen molar-refractivity contribution < 1.29 is 0 Å². The molecular formula is C24H13N3S. The van der Waals surface area contributed by atoms with E-state index in [0.717, 1.165) is 27.6 Å². The Labute approximate surface area is 163 Å². The molecule has 0 saturated carbocycles. The highest BCUT2D eigenvalue weighted by Crippen LogP contribution is 2.41. The van der Waals surface area contributed by atoms with Crippen molar-refractivity contribution in [3.05, 3.63) is 79.0 Å². The van der Waals surface area contributed by atoms with E-state index in [1.54, 1.807) is 0 Å². The van der Waals surface area contributed by atoms with Crippen molar-refractivity contribution in [2.75, 3.05) is 0 Å². The van der Waals surface area contributed by atoms with Crippen LogP contribution in [-0.2, 0) is 0 Å². The van der Waals surface area contributed by atoms with Gasteiger partial charge < -0.3 is 0 Å². The number of pyridine rings is 2. The lowest BCUT2D eigenvalue weighted by molar-refractivity contribution is 1.31. The first kappa shape index (κ1) is 14.5. The van der Waals surface area contributed by atoms with Gasteiger partial charge in [-0.3, -0.25) is 9.38 Å². The summed E-state index contributed by atoms with van der Waals surface area (Å²) < 4.78 is 4.93. The van der Waals surface area contributed by atoms with Crippen LogP contribution in [0.15, 0.2) is 79.0 Å². The highest BCUT2D eigenvalue weighted by atomic mass is 32.1. The maximum absolute atomic E-state index is 4.98. The molecule has 0 spiro atoms. The second kappa shape index (κ2) is 5.06. The molecular weight excluding hydrogens is 362 g/mol. The molecule has 0 amide bonds. The molecule has 4 aromatic heterocycles. The first-order valence-electron chi connectivity index (χ1n) is 9.28. The maximum atomic E-state index is 4.98. The molecule has 130 valence electrons. The van der Waals surface area contributed by atoms with Gasteiger partial charge in [0.05, 0.1) is 26.8 Å². The Hall–Kier alpha value is -3.50. The number of para-hydroxylation sites is 2. The summed E-state index contributed by atoms with van der Waals surface area (Å²) in [4.78, 5) is 9.72. The van der Waals surface area contributed by atoms with Crippen molar-refractivity contribution in [2.24, 2.45) is 0 Å². The minimum atomic E-state index is 0.974. The number of nitrogens with zero attached hydrogens (tertiary/aromatic N) is 3. The number of thiophene rings is 1. The van der Waals surface area contributed by atoms with Gasteiger partial charge in [0.2, 0.25) is 0 Å². The Balaban J connectivity index is 1.91. The van der Waals surface area contributed by atoms with Crippen molar-refractivity contribution in [1.82, 2.24) is 14.4 Å². The molecule has 0 bridgehead atoms. The largest absolute Gasteiger partial charge is 0.290 e. The maximum Gasteiger partial charge on any atom is 0.148 e. The van der Waals surface area contributed by atoms with Gasteiger partial charge in [-0.25, -0.2) is 4.98 Å². The number of fused-ring (bicyclic) bond motifs is 12. The molecule has 7 aromatic rings. The van der Waals surface area contributed by atoms with Gasteiger partial charge in [0.1, 0.15) is 5.65 Å². The lowest BCUT2D eigenvalue weighted by Crippen LogP contribution is -1.93. The molecule has 28 heavy (non-hydrogen) atoms. The predicted molar refractivity (Wildman–Crippen MR) is 118 cm³/mol. The van der Waals surface area contributed by atoms with Gasteiger partial charge in [-0.15, -0.1) is 11.3 Å². The molecule has 3 aromatic carbocycles. The van der Waals surface area contributed by atoms with Crippen LogP contribution < -0.4 is 0 Å². The van der Waals surface area contributed by atoms with E-state index in [2.05, 4.69) is 65.1 Å². The van der Waals surface area contributed by atoms with Crippen LogP contribution in [0, 0.1) is 0 Å². The highest BCUT2D eigenvalue weighted by molar-refractivity contribution is 7.26. The van der Waals surface area contributed by atoms with Crippen LogP contribution in [0.2, 0.25) is 0 Å². The van der Waals surface area contributed by atoms with Crippen LogP contribution in [0.1, 0.15) is 0 Å². The van der Waals surface area contributed by atoms with Crippen molar-refractivity contribution >= 4 is 70.0 Å². The average molecular weight is 375 g/mol. The van der Waals surface area contributed by atoms with Crippen molar-refractivity contribution in [3.8, 4) is 0 Å². The summed E-state index contributed by atoms with van der Waals surface area (Å²) in [6, 6.07) is 25.6. The Morgan fingerprint density at radius 2 is 1.54 bits per heavy atom. The van der Waals surface area contributed by atoms with Gasteiger partial charge in [0, 0.05) is 32.4 Å². The fourth-order valence-electron chi connectivity index (χ4n) is 4.42. The summed E-state index contributed by atoms with van der Waals surface area (Å²) in [5.74, 6) is 0. The molecule has 0 atom stereocenters. The summed E-state index contributed by atoms with van der Waals surface area (Å²) in [5, 5.41) is 4.86. The number of hydrogen-bond donors (Lipinski definition) is 0. The van der Waals surface area contributed by atoms with E-state index >= 15 is 0 Å². The zero-order valence-corrected chi connectivity index (χ0v) is 15.6. The van der Waals surface area contributed by atoms with Gasteiger partial charge in [-0.05, 0) is 36.4 Å². The Morgan fingerprint density at radius 1 is 0.714 bits per heavy atom. The van der Waals surface area contributed by atoms with E-state index in [9.17, 15) is 0 Å². The van der Waals surface area contributed by atoms with Crippen LogP contribution >= 0.6 is 11.3 Å². The lowest BCUT2D eigenvalue weighted by atomic mass is 10.1. The van der Waals surface area contributed by atoms with Crippen LogP contribution in [0.5, 0.6) is 0 Å². The van der Waals surface area contributed by atoms with E-state index in [0.29, 0.717) is 0 Å². The lowest BCUT2D eigenvalue weighted by Gasteiger charge is -2.09. The van der Waals surface area contributed by atoms with Crippen molar-refractivity contribution in [3.63, 3.8) is 0 Å². The summed E-state index contributed by atoms with van der Waals surface area (Å²) in [7, 11) is 0. The second-order valence-corrected chi connectivity index (χ2v) is 8.15. The van der Waals surface area contributed by atoms with E-state index in [-0.39, 0.29) is 0 Å². The number of hydrogen-bond acceptors (Lipinski definition) is 3. The second-order valence-electron chi connectivity index (χ2n) is 7.10. The zero-order valence-electron chi connectivity index (χ0n) is 14.8. The van der Waals surface area contributed by atoms with Crippen LogP contribution in [0.4, 0.5) is 0 Å². The van der Waals surface area contributed by atoms with Gasteiger partial charge >= 0.3 is 0 Å².